The van der Waals surface area contributed by atoms with Gasteiger partial charge < -0.3 is 10.4 Å². The van der Waals surface area contributed by atoms with E-state index in [0.717, 1.165) is 0 Å². The Morgan fingerprint density at radius 1 is 1.11 bits per heavy atom. The van der Waals surface area contributed by atoms with E-state index in [4.69, 9.17) is 5.11 Å². The van der Waals surface area contributed by atoms with E-state index in [1.807, 2.05) is 20.8 Å². The van der Waals surface area contributed by atoms with Crippen LogP contribution in [-0.4, -0.2) is 23.5 Å². The van der Waals surface area contributed by atoms with Crippen molar-refractivity contribution in [1.82, 2.24) is 5.32 Å². The number of carbonyl (C=O) groups is 2. The van der Waals surface area contributed by atoms with Crippen molar-refractivity contribution < 1.29 is 14.7 Å². The van der Waals surface area contributed by atoms with Crippen molar-refractivity contribution in [3.05, 3.63) is 0 Å². The largest absolute Gasteiger partial charge is 0.481 e. The summed E-state index contributed by atoms with van der Waals surface area (Å²) in [4.78, 5) is 22.7. The standard InChI is InChI=1S/C14H27NO3/c1-9(2)6-12(14(17)18)8-15-13(16)7-11(5)10(3)4/h9-12H,6-8H2,1-5H3,(H,15,16)(H,17,18). The van der Waals surface area contributed by atoms with Gasteiger partial charge in [0, 0.05) is 13.0 Å². The van der Waals surface area contributed by atoms with E-state index in [2.05, 4.69) is 19.2 Å². The normalized spacial score (nSPS) is 14.6. The van der Waals surface area contributed by atoms with Crippen molar-refractivity contribution in [2.24, 2.45) is 23.7 Å². The first-order chi connectivity index (χ1) is 8.23. The zero-order valence-corrected chi connectivity index (χ0v) is 12.2. The van der Waals surface area contributed by atoms with Crippen molar-refractivity contribution in [2.75, 3.05) is 6.54 Å². The summed E-state index contributed by atoms with van der Waals surface area (Å²) in [6, 6.07) is 0. The summed E-state index contributed by atoms with van der Waals surface area (Å²) in [6.07, 6.45) is 1.06. The number of carboxylic acids is 1. The van der Waals surface area contributed by atoms with E-state index in [1.165, 1.54) is 0 Å². The molecule has 2 N–H and O–H groups in total. The molecule has 0 bridgehead atoms. The quantitative estimate of drug-likeness (QED) is 0.702. The number of hydrogen-bond donors (Lipinski definition) is 2. The van der Waals surface area contributed by atoms with Crippen LogP contribution in [0.5, 0.6) is 0 Å². The fourth-order valence-electron chi connectivity index (χ4n) is 1.68. The van der Waals surface area contributed by atoms with E-state index in [0.29, 0.717) is 30.6 Å². The van der Waals surface area contributed by atoms with Gasteiger partial charge in [-0.1, -0.05) is 34.6 Å². The van der Waals surface area contributed by atoms with Gasteiger partial charge in [-0.2, -0.15) is 0 Å². The van der Waals surface area contributed by atoms with Crippen LogP contribution in [0.15, 0.2) is 0 Å². The van der Waals surface area contributed by atoms with Gasteiger partial charge >= 0.3 is 5.97 Å². The highest BCUT2D eigenvalue weighted by molar-refractivity contribution is 5.77. The molecule has 0 aromatic carbocycles. The van der Waals surface area contributed by atoms with Gasteiger partial charge in [0.2, 0.25) is 5.91 Å². The second kappa shape index (κ2) is 8.11. The average molecular weight is 257 g/mol. The molecule has 2 unspecified atom stereocenters. The number of carboxylic acid groups (broad SMARTS) is 1. The summed E-state index contributed by atoms with van der Waals surface area (Å²) in [5.74, 6) is -0.270. The topological polar surface area (TPSA) is 66.4 Å². The van der Waals surface area contributed by atoms with Crippen LogP contribution in [0.3, 0.4) is 0 Å². The Bertz CT molecular complexity index is 274. The smallest absolute Gasteiger partial charge is 0.308 e. The Kier molecular flexibility index (Phi) is 7.64. The minimum atomic E-state index is -0.832. The summed E-state index contributed by atoms with van der Waals surface area (Å²) >= 11 is 0. The molecule has 0 saturated heterocycles. The van der Waals surface area contributed by atoms with Crippen LogP contribution in [0, 0.1) is 23.7 Å². The number of carbonyl (C=O) groups excluding carboxylic acids is 1. The van der Waals surface area contributed by atoms with Gasteiger partial charge in [-0.3, -0.25) is 9.59 Å². The predicted molar refractivity (Wildman–Crippen MR) is 72.2 cm³/mol. The van der Waals surface area contributed by atoms with Crippen molar-refractivity contribution >= 4 is 11.9 Å². The zero-order chi connectivity index (χ0) is 14.3. The molecule has 2 atom stereocenters. The highest BCUT2D eigenvalue weighted by atomic mass is 16.4. The molecule has 4 heteroatoms. The van der Waals surface area contributed by atoms with Crippen LogP contribution in [0.4, 0.5) is 0 Å². The number of aliphatic carboxylic acids is 1. The first kappa shape index (κ1) is 16.9. The van der Waals surface area contributed by atoms with Crippen LogP contribution in [0.2, 0.25) is 0 Å². The molecule has 0 spiro atoms. The molecule has 0 saturated carbocycles. The molecular formula is C14H27NO3. The van der Waals surface area contributed by atoms with Gasteiger partial charge in [0.15, 0.2) is 0 Å². The maximum atomic E-state index is 11.7. The Balaban J connectivity index is 4.11. The highest BCUT2D eigenvalue weighted by Gasteiger charge is 2.20. The first-order valence-corrected chi connectivity index (χ1v) is 6.73. The molecule has 0 aliphatic carbocycles. The first-order valence-electron chi connectivity index (χ1n) is 6.73. The van der Waals surface area contributed by atoms with Gasteiger partial charge in [-0.05, 0) is 24.2 Å². The van der Waals surface area contributed by atoms with Gasteiger partial charge in [0.25, 0.3) is 0 Å². The lowest BCUT2D eigenvalue weighted by Crippen LogP contribution is -2.34. The summed E-state index contributed by atoms with van der Waals surface area (Å²) in [5, 5.41) is 11.8. The lowest BCUT2D eigenvalue weighted by Gasteiger charge is -2.18. The third kappa shape index (κ3) is 7.30. The third-order valence-corrected chi connectivity index (χ3v) is 3.30. The molecule has 0 aliphatic heterocycles. The van der Waals surface area contributed by atoms with Crippen LogP contribution in [0.1, 0.15) is 47.5 Å². The second-order valence-electron chi connectivity index (χ2n) is 5.89. The molecule has 0 fully saturated rings. The minimum Gasteiger partial charge on any atom is -0.481 e. The maximum absolute atomic E-state index is 11.7. The van der Waals surface area contributed by atoms with Crippen LogP contribution < -0.4 is 5.32 Å². The van der Waals surface area contributed by atoms with E-state index in [1.54, 1.807) is 0 Å². The van der Waals surface area contributed by atoms with Gasteiger partial charge in [-0.15, -0.1) is 0 Å². The number of nitrogens with one attached hydrogen (secondary N) is 1. The molecule has 1 amide bonds. The van der Waals surface area contributed by atoms with Crippen molar-refractivity contribution in [1.29, 1.82) is 0 Å². The number of amides is 1. The molecule has 0 radical (unpaired) electrons. The average Bonchev–Trinajstić information content (AvgIpc) is 2.22. The highest BCUT2D eigenvalue weighted by Crippen LogP contribution is 2.14. The monoisotopic (exact) mass is 257 g/mol. The summed E-state index contributed by atoms with van der Waals surface area (Å²) in [5.41, 5.74) is 0. The Hall–Kier alpha value is -1.06. The minimum absolute atomic E-state index is 0.0498. The SMILES string of the molecule is CC(C)CC(CNC(=O)CC(C)C(C)C)C(=O)O. The molecule has 0 aromatic rings. The Labute approximate surface area is 110 Å². The molecule has 4 nitrogen and oxygen atoms in total. The fourth-order valence-corrected chi connectivity index (χ4v) is 1.68. The van der Waals surface area contributed by atoms with E-state index in [-0.39, 0.29) is 12.5 Å². The fraction of sp³-hybridized carbons (Fsp3) is 0.857. The molecule has 0 rings (SSSR count). The maximum Gasteiger partial charge on any atom is 0.308 e. The number of rotatable bonds is 8. The molecule has 18 heavy (non-hydrogen) atoms. The molecule has 0 heterocycles. The van der Waals surface area contributed by atoms with E-state index in [9.17, 15) is 9.59 Å². The van der Waals surface area contributed by atoms with Crippen LogP contribution in [0.25, 0.3) is 0 Å². The lowest BCUT2D eigenvalue weighted by atomic mass is 9.94. The van der Waals surface area contributed by atoms with Crippen LogP contribution in [-0.2, 0) is 9.59 Å². The molecule has 0 aromatic heterocycles. The van der Waals surface area contributed by atoms with Crippen LogP contribution >= 0.6 is 0 Å². The summed E-state index contributed by atoms with van der Waals surface area (Å²) in [6.45, 7) is 10.4. The van der Waals surface area contributed by atoms with Gasteiger partial charge in [0.1, 0.15) is 0 Å². The lowest BCUT2D eigenvalue weighted by molar-refractivity contribution is -0.142. The molecule has 106 valence electrons. The van der Waals surface area contributed by atoms with E-state index < -0.39 is 11.9 Å². The Morgan fingerprint density at radius 2 is 1.67 bits per heavy atom. The molecular weight excluding hydrogens is 230 g/mol. The second-order valence-corrected chi connectivity index (χ2v) is 5.89. The van der Waals surface area contributed by atoms with Crippen molar-refractivity contribution in [2.45, 2.75) is 47.5 Å². The molecule has 0 aliphatic rings. The Morgan fingerprint density at radius 3 is 2.06 bits per heavy atom. The number of hydrogen-bond acceptors (Lipinski definition) is 2. The zero-order valence-electron chi connectivity index (χ0n) is 12.2. The summed E-state index contributed by atoms with van der Waals surface area (Å²) < 4.78 is 0. The van der Waals surface area contributed by atoms with Gasteiger partial charge in [-0.25, -0.2) is 0 Å². The van der Waals surface area contributed by atoms with Crippen molar-refractivity contribution in [3.63, 3.8) is 0 Å². The van der Waals surface area contributed by atoms with E-state index >= 15 is 0 Å². The third-order valence-electron chi connectivity index (χ3n) is 3.30. The predicted octanol–water partition coefficient (Wildman–Crippen LogP) is 2.53. The van der Waals surface area contributed by atoms with Crippen molar-refractivity contribution in [3.8, 4) is 0 Å². The van der Waals surface area contributed by atoms with Gasteiger partial charge in [0.05, 0.1) is 5.92 Å². The summed E-state index contributed by atoms with van der Waals surface area (Å²) in [7, 11) is 0.